The second-order valence-corrected chi connectivity index (χ2v) is 12.7. The van der Waals surface area contributed by atoms with Crippen LogP contribution in [0.4, 0.5) is 0 Å². The molecule has 0 aliphatic rings. The second kappa shape index (κ2) is 22.4. The van der Waals surface area contributed by atoms with Crippen molar-refractivity contribution in [1.82, 2.24) is 21.3 Å². The maximum Gasteiger partial charge on any atom is 0.326 e. The lowest BCUT2D eigenvalue weighted by Crippen LogP contribution is -2.55. The lowest BCUT2D eigenvalue weighted by Gasteiger charge is -2.26. The van der Waals surface area contributed by atoms with E-state index in [0.29, 0.717) is 37.7 Å². The summed E-state index contributed by atoms with van der Waals surface area (Å²) in [6, 6.07) is 13.5. The van der Waals surface area contributed by atoms with Gasteiger partial charge in [0.1, 0.15) is 24.2 Å². The largest absolute Gasteiger partial charge is 0.480 e. The molecule has 0 spiro atoms. The third-order valence-corrected chi connectivity index (χ3v) is 8.52. The maximum absolute atomic E-state index is 13.2. The average molecular weight is 709 g/mol. The topological polar surface area (TPSA) is 240 Å². The van der Waals surface area contributed by atoms with Gasteiger partial charge in [-0.05, 0) is 29.9 Å². The number of unbranched alkanes of at least 4 members (excludes halogenated alkanes) is 4. The first-order valence-electron chi connectivity index (χ1n) is 17.4. The Kier molecular flexibility index (Phi) is 18.4. The van der Waals surface area contributed by atoms with Gasteiger partial charge in [-0.25, -0.2) is 4.79 Å². The number of carboxylic acids is 1. The number of nitrogens with one attached hydrogen (secondary N) is 4. The van der Waals surface area contributed by atoms with Crippen molar-refractivity contribution in [2.45, 2.75) is 109 Å². The zero-order valence-corrected chi connectivity index (χ0v) is 29.4. The number of nitrogens with two attached hydrogens (primary N) is 2. The first-order chi connectivity index (χ1) is 24.3. The smallest absolute Gasteiger partial charge is 0.326 e. The molecule has 0 fully saturated rings. The Bertz CT molecular complexity index is 1460. The molecule has 51 heavy (non-hydrogen) atoms. The molecule has 2 aromatic rings. The van der Waals surface area contributed by atoms with Gasteiger partial charge in [0.15, 0.2) is 0 Å². The number of carboxylic acid groups (broad SMARTS) is 1. The molecule has 9 N–H and O–H groups in total. The quantitative estimate of drug-likeness (QED) is 0.0789. The molecule has 14 heteroatoms. The molecule has 0 radical (unpaired) electrons. The van der Waals surface area contributed by atoms with E-state index in [1.165, 1.54) is 0 Å². The van der Waals surface area contributed by atoms with E-state index in [-0.39, 0.29) is 37.5 Å². The molecule has 0 saturated carbocycles. The van der Waals surface area contributed by atoms with E-state index in [4.69, 9.17) is 11.5 Å². The Labute approximate surface area is 298 Å². The number of amides is 6. The minimum Gasteiger partial charge on any atom is -0.480 e. The van der Waals surface area contributed by atoms with Crippen LogP contribution in [-0.4, -0.2) is 70.7 Å². The Hall–Kier alpha value is -5.27. The second-order valence-electron chi connectivity index (χ2n) is 12.7. The molecule has 2 aromatic carbocycles. The van der Waals surface area contributed by atoms with E-state index in [2.05, 4.69) is 21.3 Å². The molecule has 6 amide bonds. The van der Waals surface area contributed by atoms with E-state index in [9.17, 15) is 38.7 Å². The Morgan fingerprint density at radius 2 is 1.10 bits per heavy atom. The van der Waals surface area contributed by atoms with Crippen LogP contribution in [0.5, 0.6) is 0 Å². The molecule has 0 saturated heterocycles. The third kappa shape index (κ3) is 16.3. The highest BCUT2D eigenvalue weighted by Crippen LogP contribution is 2.12. The summed E-state index contributed by atoms with van der Waals surface area (Å²) in [7, 11) is 0. The predicted molar refractivity (Wildman–Crippen MR) is 190 cm³/mol. The number of hydrogen-bond donors (Lipinski definition) is 7. The van der Waals surface area contributed by atoms with Crippen LogP contribution in [0.1, 0.15) is 82.8 Å². The lowest BCUT2D eigenvalue weighted by molar-refractivity contribution is -0.142. The number of rotatable bonds is 24. The average Bonchev–Trinajstić information content (AvgIpc) is 3.09. The highest BCUT2D eigenvalue weighted by atomic mass is 16.4. The van der Waals surface area contributed by atoms with Crippen molar-refractivity contribution < 1.29 is 38.7 Å². The van der Waals surface area contributed by atoms with E-state index in [0.717, 1.165) is 12.0 Å². The van der Waals surface area contributed by atoms with Crippen molar-refractivity contribution in [2.24, 2.45) is 17.4 Å². The van der Waals surface area contributed by atoms with Crippen molar-refractivity contribution in [1.29, 1.82) is 0 Å². The van der Waals surface area contributed by atoms with Crippen LogP contribution in [0.25, 0.3) is 0 Å². The fourth-order valence-electron chi connectivity index (χ4n) is 5.38. The van der Waals surface area contributed by atoms with E-state index < -0.39 is 66.1 Å². The van der Waals surface area contributed by atoms with Crippen molar-refractivity contribution in [3.8, 4) is 0 Å². The molecule has 0 aliphatic heterocycles. The first kappa shape index (κ1) is 41.9. The number of aliphatic carboxylic acids is 1. The van der Waals surface area contributed by atoms with E-state index in [1.54, 1.807) is 30.3 Å². The van der Waals surface area contributed by atoms with Crippen molar-refractivity contribution in [3.05, 3.63) is 71.8 Å². The summed E-state index contributed by atoms with van der Waals surface area (Å²) in [4.78, 5) is 86.8. The molecule has 0 heterocycles. The normalized spacial score (nSPS) is 13.8. The summed E-state index contributed by atoms with van der Waals surface area (Å²) in [5.74, 6) is -5.02. The molecule has 2 rings (SSSR count). The van der Waals surface area contributed by atoms with Gasteiger partial charge in [0.2, 0.25) is 35.4 Å². The molecular weight excluding hydrogens is 656 g/mol. The van der Waals surface area contributed by atoms with Gasteiger partial charge in [0, 0.05) is 25.7 Å². The zero-order chi connectivity index (χ0) is 37.8. The molecule has 0 bridgehead atoms. The van der Waals surface area contributed by atoms with E-state index >= 15 is 0 Å². The fraction of sp³-hybridized carbons (Fsp3) is 0.486. The van der Waals surface area contributed by atoms with Gasteiger partial charge in [-0.3, -0.25) is 28.8 Å². The highest BCUT2D eigenvalue weighted by Gasteiger charge is 2.30. The van der Waals surface area contributed by atoms with Gasteiger partial charge in [-0.1, -0.05) is 100 Å². The summed E-state index contributed by atoms with van der Waals surface area (Å²) in [5, 5.41) is 20.0. The Morgan fingerprint density at radius 3 is 1.57 bits per heavy atom. The van der Waals surface area contributed by atoms with Crippen LogP contribution >= 0.6 is 0 Å². The molecule has 278 valence electrons. The number of carbonyl (C=O) groups excluding carboxylic acids is 6. The Balaban J connectivity index is 1.76. The number of benzene rings is 2. The van der Waals surface area contributed by atoms with Gasteiger partial charge in [0.25, 0.3) is 0 Å². The van der Waals surface area contributed by atoms with Crippen molar-refractivity contribution in [3.63, 3.8) is 0 Å². The van der Waals surface area contributed by atoms with Gasteiger partial charge < -0.3 is 37.8 Å². The van der Waals surface area contributed by atoms with Crippen molar-refractivity contribution in [2.75, 3.05) is 0 Å². The SMILES string of the molecule is CCC(C)C(NC(=O)CCCCCCCC(=O)N[C@@H](CC(N)=O)C(=O)N[C@@H](Cc1ccccc1)C(=O)O)C(=O)N[C@@H](Cc1ccccc1)C(N)=O. The van der Waals surface area contributed by atoms with Gasteiger partial charge in [-0.2, -0.15) is 0 Å². The van der Waals surface area contributed by atoms with Crippen LogP contribution in [0.2, 0.25) is 0 Å². The first-order valence-corrected chi connectivity index (χ1v) is 17.4. The van der Waals surface area contributed by atoms with Gasteiger partial charge in [-0.15, -0.1) is 0 Å². The minimum atomic E-state index is -1.32. The Morgan fingerprint density at radius 1 is 0.627 bits per heavy atom. The van der Waals surface area contributed by atoms with Crippen LogP contribution in [0, 0.1) is 5.92 Å². The summed E-state index contributed by atoms with van der Waals surface area (Å²) in [5.41, 5.74) is 12.4. The molecule has 0 aromatic heterocycles. The standard InChI is InChI=1S/C37H52N6O8/c1-3-24(2)33(36(49)41-27(34(39)47)21-25-15-9-7-10-16-25)43-32(46)20-14-6-4-5-13-19-31(45)40-28(23-30(38)44)35(48)42-29(37(50)51)22-26-17-11-8-12-18-26/h7-12,15-18,24,27-29,33H,3-6,13-14,19-23H2,1-2H3,(H2,38,44)(H2,39,47)(H,40,45)(H,41,49)(H,42,48)(H,43,46)(H,50,51)/t24?,27-,28-,29-,33?/m0/s1. The van der Waals surface area contributed by atoms with E-state index in [1.807, 2.05) is 44.2 Å². The fourth-order valence-corrected chi connectivity index (χ4v) is 5.38. The van der Waals surface area contributed by atoms with Gasteiger partial charge in [0.05, 0.1) is 6.42 Å². The third-order valence-electron chi connectivity index (χ3n) is 8.52. The van der Waals surface area contributed by atoms with Crippen LogP contribution in [0.3, 0.4) is 0 Å². The molecular formula is C37H52N6O8. The van der Waals surface area contributed by atoms with Crippen LogP contribution in [0.15, 0.2) is 60.7 Å². The summed E-state index contributed by atoms with van der Waals surface area (Å²) in [6.45, 7) is 3.75. The van der Waals surface area contributed by atoms with Crippen LogP contribution < -0.4 is 32.7 Å². The lowest BCUT2D eigenvalue weighted by atomic mass is 9.97. The highest BCUT2D eigenvalue weighted by molar-refractivity contribution is 5.94. The van der Waals surface area contributed by atoms with Crippen molar-refractivity contribution >= 4 is 41.4 Å². The maximum atomic E-state index is 13.2. The summed E-state index contributed by atoms with van der Waals surface area (Å²) >= 11 is 0. The van der Waals surface area contributed by atoms with Crippen LogP contribution in [-0.2, 0) is 46.4 Å². The van der Waals surface area contributed by atoms with Gasteiger partial charge >= 0.3 is 5.97 Å². The molecule has 5 atom stereocenters. The number of primary amides is 2. The summed E-state index contributed by atoms with van der Waals surface area (Å²) in [6.07, 6.45) is 3.75. The zero-order valence-electron chi connectivity index (χ0n) is 29.4. The predicted octanol–water partition coefficient (Wildman–Crippen LogP) is 1.63. The number of carbonyl (C=O) groups is 7. The minimum absolute atomic E-state index is 0.0150. The molecule has 0 aliphatic carbocycles. The number of hydrogen-bond acceptors (Lipinski definition) is 7. The molecule has 2 unspecified atom stereocenters. The molecule has 14 nitrogen and oxygen atoms in total. The summed E-state index contributed by atoms with van der Waals surface area (Å²) < 4.78 is 0. The monoisotopic (exact) mass is 708 g/mol.